The van der Waals surface area contributed by atoms with E-state index in [1.165, 1.54) is 7.11 Å². The molecular formula is C65H78N2O7. The van der Waals surface area contributed by atoms with E-state index >= 15 is 0 Å². The number of aliphatic hydroxyl groups is 3. The lowest BCUT2D eigenvalue weighted by molar-refractivity contribution is -0.170. The van der Waals surface area contributed by atoms with Gasteiger partial charge in [-0.05, 0) is 158 Å². The summed E-state index contributed by atoms with van der Waals surface area (Å²) in [6.45, 7) is 12.7. The third-order valence-corrected chi connectivity index (χ3v) is 16.6. The van der Waals surface area contributed by atoms with E-state index in [2.05, 4.69) is 34.1 Å². The number of likely N-dealkylation sites (tertiary alicyclic amines) is 2. The quantitative estimate of drug-likeness (QED) is 0.0606. The van der Waals surface area contributed by atoms with Gasteiger partial charge in [-0.15, -0.1) is 0 Å². The molecule has 390 valence electrons. The van der Waals surface area contributed by atoms with Crippen molar-refractivity contribution in [2.24, 2.45) is 11.8 Å². The van der Waals surface area contributed by atoms with E-state index < -0.39 is 34.2 Å². The molecule has 0 spiro atoms. The van der Waals surface area contributed by atoms with Crippen LogP contribution in [-0.2, 0) is 41.1 Å². The lowest BCUT2D eigenvalue weighted by atomic mass is 9.71. The first-order chi connectivity index (χ1) is 35.7. The number of carbonyl (C=O) groups excluding carboxylic acids is 2. The molecule has 3 N–H and O–H groups in total. The predicted molar refractivity (Wildman–Crippen MR) is 293 cm³/mol. The lowest BCUT2D eigenvalue weighted by Crippen LogP contribution is -2.49. The minimum absolute atomic E-state index is 0.00246. The first-order valence-electron chi connectivity index (χ1n) is 27.0. The van der Waals surface area contributed by atoms with Gasteiger partial charge in [-0.25, -0.2) is 0 Å². The van der Waals surface area contributed by atoms with Gasteiger partial charge in [0.25, 0.3) is 0 Å². The van der Waals surface area contributed by atoms with Crippen LogP contribution in [0.5, 0.6) is 0 Å². The topological polar surface area (TPSA) is 120 Å². The maximum atomic E-state index is 15.0. The summed E-state index contributed by atoms with van der Waals surface area (Å²) >= 11 is 0. The van der Waals surface area contributed by atoms with Gasteiger partial charge in [0.2, 0.25) is 0 Å². The first-order valence-corrected chi connectivity index (χ1v) is 27.0. The molecule has 0 aliphatic carbocycles. The van der Waals surface area contributed by atoms with E-state index in [1.807, 2.05) is 173 Å². The third-order valence-electron chi connectivity index (χ3n) is 16.6. The molecule has 2 atom stereocenters. The molecule has 2 aliphatic heterocycles. The summed E-state index contributed by atoms with van der Waals surface area (Å²) in [5.41, 5.74) is 3.22. The van der Waals surface area contributed by atoms with Crippen LogP contribution in [-0.4, -0.2) is 83.4 Å². The molecule has 2 saturated heterocycles. The van der Waals surface area contributed by atoms with Crippen molar-refractivity contribution in [2.75, 3.05) is 46.4 Å². The molecule has 0 aromatic heterocycles. The Balaban J connectivity index is 0.875. The van der Waals surface area contributed by atoms with E-state index in [1.54, 1.807) is 0 Å². The molecule has 9 nitrogen and oxygen atoms in total. The molecule has 74 heavy (non-hydrogen) atoms. The second-order valence-corrected chi connectivity index (χ2v) is 21.9. The van der Waals surface area contributed by atoms with Gasteiger partial charge in [-0.1, -0.05) is 170 Å². The van der Waals surface area contributed by atoms with Gasteiger partial charge in [0.05, 0.1) is 30.1 Å². The first kappa shape index (κ1) is 54.3. The van der Waals surface area contributed by atoms with Gasteiger partial charge in [0.1, 0.15) is 5.60 Å². The Kier molecular flexibility index (Phi) is 17.7. The minimum atomic E-state index is -1.05. The van der Waals surface area contributed by atoms with Gasteiger partial charge in [-0.2, -0.15) is 0 Å². The molecule has 2 aliphatic rings. The largest absolute Gasteiger partial charge is 0.468 e. The number of hydrogen-bond donors (Lipinski definition) is 3. The van der Waals surface area contributed by atoms with Crippen LogP contribution in [0.25, 0.3) is 0 Å². The predicted octanol–water partition coefficient (Wildman–Crippen LogP) is 11.6. The molecule has 0 saturated carbocycles. The Morgan fingerprint density at radius 2 is 0.824 bits per heavy atom. The molecule has 2 fully saturated rings. The number of piperidine rings is 2. The maximum absolute atomic E-state index is 15.0. The van der Waals surface area contributed by atoms with Crippen LogP contribution in [0, 0.1) is 11.8 Å². The molecule has 2 heterocycles. The van der Waals surface area contributed by atoms with Gasteiger partial charge in [0.15, 0.2) is 5.60 Å². The number of methoxy groups -OCH3 is 1. The Hall–Kier alpha value is -5.94. The average molecular weight is 999 g/mol. The molecular weight excluding hydrogens is 921 g/mol. The van der Waals surface area contributed by atoms with Crippen molar-refractivity contribution < 1.29 is 34.4 Å². The number of benzene rings is 6. The number of ether oxygens (including phenoxy) is 2. The Morgan fingerprint density at radius 3 is 1.19 bits per heavy atom. The number of esters is 2. The SMILES string of the molecule is COC(=O)C(C)(C)c1ccc(C(O)CCCN2CCC(C(OC(=O)C(C)(C)c3ccc(C(O)CCCN4CCC(C(O)(c5ccccc5)c5ccccc5)CC4)cc3)(c3ccccc3)c3ccccc3)CC2)cc1. The zero-order valence-electron chi connectivity index (χ0n) is 44.2. The van der Waals surface area contributed by atoms with Crippen LogP contribution in [0.4, 0.5) is 0 Å². The smallest absolute Gasteiger partial charge is 0.317 e. The van der Waals surface area contributed by atoms with E-state index in [4.69, 9.17) is 9.47 Å². The zero-order chi connectivity index (χ0) is 52.4. The number of carbonyl (C=O) groups is 2. The highest BCUT2D eigenvalue weighted by Crippen LogP contribution is 2.47. The molecule has 0 bridgehead atoms. The summed E-state index contributed by atoms with van der Waals surface area (Å²) in [5.74, 6) is -0.521. The van der Waals surface area contributed by atoms with Crippen molar-refractivity contribution in [3.05, 3.63) is 214 Å². The summed E-state index contributed by atoms with van der Waals surface area (Å²) in [4.78, 5) is 32.2. The van der Waals surface area contributed by atoms with Crippen molar-refractivity contribution in [2.45, 2.75) is 113 Å². The molecule has 0 radical (unpaired) electrons. The van der Waals surface area contributed by atoms with Crippen molar-refractivity contribution in [3.63, 3.8) is 0 Å². The molecule has 0 amide bonds. The number of rotatable bonds is 21. The highest BCUT2D eigenvalue weighted by Gasteiger charge is 2.49. The van der Waals surface area contributed by atoms with E-state index in [9.17, 15) is 24.9 Å². The second-order valence-electron chi connectivity index (χ2n) is 21.9. The monoisotopic (exact) mass is 999 g/mol. The van der Waals surface area contributed by atoms with E-state index in [0.29, 0.717) is 12.8 Å². The van der Waals surface area contributed by atoms with Crippen LogP contribution in [0.2, 0.25) is 0 Å². The Bertz CT molecular complexity index is 2600. The Labute approximate surface area is 440 Å². The van der Waals surface area contributed by atoms with Gasteiger partial charge < -0.3 is 34.6 Å². The highest BCUT2D eigenvalue weighted by atomic mass is 16.6. The summed E-state index contributed by atoms with van der Waals surface area (Å²) in [7, 11) is 1.40. The fraction of sp³-hybridized carbons (Fsp3) is 0.415. The summed E-state index contributed by atoms with van der Waals surface area (Å²) in [5, 5.41) is 34.9. The molecule has 9 heteroatoms. The standard InChI is InChI=1S/C65H78N2O7/c1-62(2,60(70)73-5)50-34-30-48(31-35-50)58(68)29-19-43-67-46-40-57(41-47-67)65(55-24-14-8-15-25-55,56-26-16-9-17-27-56)74-61(71)63(3,4)51-36-32-49(33-37-51)59(69)28-18-42-66-44-38-54(39-45-66)64(72,52-20-10-6-11-21-52)53-22-12-7-13-23-53/h6-17,20-27,30-37,54,57-59,68-69,72H,18-19,28-29,38-47H2,1-5H3. The number of aliphatic hydroxyl groups excluding tert-OH is 2. The zero-order valence-corrected chi connectivity index (χ0v) is 44.2. The molecule has 6 aromatic rings. The fourth-order valence-electron chi connectivity index (χ4n) is 11.7. The molecule has 8 rings (SSSR count). The number of hydrogen-bond acceptors (Lipinski definition) is 9. The Morgan fingerprint density at radius 1 is 0.486 bits per heavy atom. The van der Waals surface area contributed by atoms with Crippen molar-refractivity contribution in [1.82, 2.24) is 9.80 Å². The molecule has 6 aromatic carbocycles. The van der Waals surface area contributed by atoms with Crippen molar-refractivity contribution in [1.29, 1.82) is 0 Å². The third kappa shape index (κ3) is 11.9. The summed E-state index contributed by atoms with van der Waals surface area (Å²) < 4.78 is 12.1. The van der Waals surface area contributed by atoms with Gasteiger partial charge in [-0.3, -0.25) is 9.59 Å². The minimum Gasteiger partial charge on any atom is -0.468 e. The molecule has 2 unspecified atom stereocenters. The van der Waals surface area contributed by atoms with Crippen LogP contribution >= 0.6 is 0 Å². The van der Waals surface area contributed by atoms with E-state index in [0.717, 1.165) is 122 Å². The van der Waals surface area contributed by atoms with Gasteiger partial charge in [0, 0.05) is 17.0 Å². The highest BCUT2D eigenvalue weighted by molar-refractivity contribution is 5.83. The normalized spacial score (nSPS) is 16.6. The van der Waals surface area contributed by atoms with Crippen LogP contribution in [0.3, 0.4) is 0 Å². The van der Waals surface area contributed by atoms with Crippen molar-refractivity contribution in [3.8, 4) is 0 Å². The second kappa shape index (κ2) is 24.2. The van der Waals surface area contributed by atoms with Crippen LogP contribution in [0.1, 0.15) is 136 Å². The number of nitrogens with zero attached hydrogens (tertiary/aromatic N) is 2. The lowest BCUT2D eigenvalue weighted by Gasteiger charge is -2.46. The van der Waals surface area contributed by atoms with Gasteiger partial charge >= 0.3 is 11.9 Å². The van der Waals surface area contributed by atoms with Crippen molar-refractivity contribution >= 4 is 11.9 Å². The summed E-state index contributed by atoms with van der Waals surface area (Å²) in [6, 6.07) is 56.0. The maximum Gasteiger partial charge on any atom is 0.317 e. The average Bonchev–Trinajstić information content (AvgIpc) is 3.45. The van der Waals surface area contributed by atoms with E-state index in [-0.39, 0.29) is 23.8 Å². The fourth-order valence-corrected chi connectivity index (χ4v) is 11.7. The van der Waals surface area contributed by atoms with Crippen LogP contribution in [0.15, 0.2) is 170 Å². The van der Waals surface area contributed by atoms with Crippen LogP contribution < -0.4 is 0 Å². The summed E-state index contributed by atoms with van der Waals surface area (Å²) in [6.07, 6.45) is 5.03.